The first-order valence-corrected chi connectivity index (χ1v) is 11.9. The zero-order valence-corrected chi connectivity index (χ0v) is 18.4. The molecule has 2 heteroatoms. The van der Waals surface area contributed by atoms with Gasteiger partial charge in [0.05, 0.1) is 0 Å². The molecular formula is C26H42O2. The fourth-order valence-corrected chi connectivity index (χ4v) is 4.49. The maximum absolute atomic E-state index is 10.6. The molecule has 0 aromatic heterocycles. The predicted octanol–water partition coefficient (Wildman–Crippen LogP) is 7.68. The third-order valence-corrected chi connectivity index (χ3v) is 7.41. The van der Waals surface area contributed by atoms with Crippen molar-refractivity contribution in [2.45, 2.75) is 117 Å². The molecule has 158 valence electrons. The molecule has 2 aliphatic carbocycles. The summed E-state index contributed by atoms with van der Waals surface area (Å²) in [6.45, 7) is 4.82. The van der Waals surface area contributed by atoms with Crippen LogP contribution >= 0.6 is 0 Å². The Labute approximate surface area is 172 Å². The topological polar surface area (TPSA) is 40.5 Å². The highest BCUT2D eigenvalue weighted by molar-refractivity contribution is 5.46. The lowest BCUT2D eigenvalue weighted by Crippen LogP contribution is -1.95. The summed E-state index contributed by atoms with van der Waals surface area (Å²) in [6.07, 6.45) is 20.1. The SMILES string of the molecule is CC1(CCCCCCc2cc(O)cc(CCCCCCC3(C)CC3)c2O)CC1. The quantitative estimate of drug-likeness (QED) is 0.254. The van der Waals surface area contributed by atoms with Gasteiger partial charge in [-0.2, -0.15) is 0 Å². The molecule has 2 fully saturated rings. The van der Waals surface area contributed by atoms with Gasteiger partial charge in [-0.25, -0.2) is 0 Å². The lowest BCUT2D eigenvalue weighted by atomic mass is 9.96. The minimum absolute atomic E-state index is 0.311. The number of hydrogen-bond acceptors (Lipinski definition) is 2. The highest BCUT2D eigenvalue weighted by Gasteiger charge is 2.36. The predicted molar refractivity (Wildman–Crippen MR) is 118 cm³/mol. The number of hydrogen-bond donors (Lipinski definition) is 2. The summed E-state index contributed by atoms with van der Waals surface area (Å²) in [7, 11) is 0. The van der Waals surface area contributed by atoms with Gasteiger partial charge in [-0.05, 0) is 98.3 Å². The maximum Gasteiger partial charge on any atom is 0.122 e. The standard InChI is InChI=1S/C26H42O2/c1-25(15-16-25)13-9-5-3-7-11-21-19-23(27)20-22(24(21)28)12-8-4-6-10-14-26(2)17-18-26/h19-20,27-28H,3-18H2,1-2H3. The van der Waals surface area contributed by atoms with Crippen LogP contribution in [0.2, 0.25) is 0 Å². The molecule has 0 saturated heterocycles. The summed E-state index contributed by atoms with van der Waals surface area (Å²) in [5.41, 5.74) is 3.22. The Balaban J connectivity index is 1.33. The van der Waals surface area contributed by atoms with E-state index in [0.29, 0.717) is 22.3 Å². The summed E-state index contributed by atoms with van der Waals surface area (Å²) in [6, 6.07) is 3.53. The molecule has 2 N–H and O–H groups in total. The Morgan fingerprint density at radius 1 is 0.643 bits per heavy atom. The van der Waals surface area contributed by atoms with E-state index in [2.05, 4.69) is 13.8 Å². The molecule has 1 aromatic carbocycles. The number of phenols is 2. The number of rotatable bonds is 14. The summed E-state index contributed by atoms with van der Waals surface area (Å²) in [5, 5.41) is 20.7. The summed E-state index contributed by atoms with van der Waals surface area (Å²) in [4.78, 5) is 0. The second-order valence-electron chi connectivity index (χ2n) is 10.6. The molecule has 0 bridgehead atoms. The van der Waals surface area contributed by atoms with E-state index < -0.39 is 0 Å². The van der Waals surface area contributed by atoms with Crippen molar-refractivity contribution >= 4 is 0 Å². The van der Waals surface area contributed by atoms with Crippen LogP contribution in [0.4, 0.5) is 0 Å². The van der Waals surface area contributed by atoms with Crippen LogP contribution < -0.4 is 0 Å². The molecule has 2 nitrogen and oxygen atoms in total. The van der Waals surface area contributed by atoms with E-state index in [4.69, 9.17) is 0 Å². The molecule has 0 atom stereocenters. The van der Waals surface area contributed by atoms with Gasteiger partial charge >= 0.3 is 0 Å². The van der Waals surface area contributed by atoms with Crippen molar-refractivity contribution in [1.82, 2.24) is 0 Å². The van der Waals surface area contributed by atoms with Gasteiger partial charge in [-0.15, -0.1) is 0 Å². The van der Waals surface area contributed by atoms with Gasteiger partial charge in [-0.1, -0.05) is 52.4 Å². The van der Waals surface area contributed by atoms with Crippen LogP contribution in [0.25, 0.3) is 0 Å². The number of aryl methyl sites for hydroxylation is 2. The second kappa shape index (κ2) is 9.55. The molecule has 0 heterocycles. The van der Waals surface area contributed by atoms with Crippen molar-refractivity contribution in [3.63, 3.8) is 0 Å². The fourth-order valence-electron chi connectivity index (χ4n) is 4.49. The van der Waals surface area contributed by atoms with Crippen LogP contribution in [-0.4, -0.2) is 10.2 Å². The van der Waals surface area contributed by atoms with Crippen molar-refractivity contribution < 1.29 is 10.2 Å². The zero-order valence-electron chi connectivity index (χ0n) is 18.4. The van der Waals surface area contributed by atoms with Gasteiger partial charge in [0, 0.05) is 0 Å². The first kappa shape index (κ1) is 21.5. The Morgan fingerprint density at radius 3 is 1.43 bits per heavy atom. The number of unbranched alkanes of at least 4 members (excludes halogenated alkanes) is 6. The Kier molecular flexibility index (Phi) is 7.34. The number of phenolic OH excluding ortho intramolecular Hbond substituents is 2. The average molecular weight is 387 g/mol. The third kappa shape index (κ3) is 7.01. The van der Waals surface area contributed by atoms with E-state index >= 15 is 0 Å². The van der Waals surface area contributed by atoms with E-state index in [1.807, 2.05) is 0 Å². The molecule has 0 radical (unpaired) electrons. The van der Waals surface area contributed by atoms with Crippen LogP contribution in [0.15, 0.2) is 12.1 Å². The highest BCUT2D eigenvalue weighted by Crippen LogP contribution is 2.49. The maximum atomic E-state index is 10.6. The van der Waals surface area contributed by atoms with Gasteiger partial charge in [0.2, 0.25) is 0 Å². The molecule has 1 aromatic rings. The lowest BCUT2D eigenvalue weighted by molar-refractivity contribution is 0.441. The van der Waals surface area contributed by atoms with Crippen LogP contribution in [0, 0.1) is 10.8 Å². The highest BCUT2D eigenvalue weighted by atomic mass is 16.3. The number of benzene rings is 1. The van der Waals surface area contributed by atoms with Crippen molar-refractivity contribution in [1.29, 1.82) is 0 Å². The van der Waals surface area contributed by atoms with Crippen molar-refractivity contribution in [2.75, 3.05) is 0 Å². The van der Waals surface area contributed by atoms with Gasteiger partial charge in [0.15, 0.2) is 0 Å². The molecule has 28 heavy (non-hydrogen) atoms. The normalized spacial score (nSPS) is 18.9. The van der Waals surface area contributed by atoms with Gasteiger partial charge in [0.25, 0.3) is 0 Å². The molecule has 0 spiro atoms. The molecule has 0 unspecified atom stereocenters. The number of aromatic hydroxyl groups is 2. The summed E-state index contributed by atoms with van der Waals surface area (Å²) in [5.74, 6) is 0.750. The smallest absolute Gasteiger partial charge is 0.122 e. The van der Waals surface area contributed by atoms with Gasteiger partial charge in [0.1, 0.15) is 11.5 Å². The summed E-state index contributed by atoms with van der Waals surface area (Å²) >= 11 is 0. The fraction of sp³-hybridized carbons (Fsp3) is 0.769. The minimum atomic E-state index is 0.311. The van der Waals surface area contributed by atoms with Crippen LogP contribution in [0.1, 0.15) is 115 Å². The second-order valence-corrected chi connectivity index (χ2v) is 10.6. The van der Waals surface area contributed by atoms with Crippen LogP contribution in [0.3, 0.4) is 0 Å². The lowest BCUT2D eigenvalue weighted by Gasteiger charge is -2.12. The van der Waals surface area contributed by atoms with Crippen LogP contribution in [-0.2, 0) is 12.8 Å². The monoisotopic (exact) mass is 386 g/mol. The van der Waals surface area contributed by atoms with Crippen molar-refractivity contribution in [2.24, 2.45) is 10.8 Å². The molecule has 2 aliphatic rings. The molecule has 2 saturated carbocycles. The van der Waals surface area contributed by atoms with E-state index in [1.54, 1.807) is 12.1 Å². The van der Waals surface area contributed by atoms with E-state index in [9.17, 15) is 10.2 Å². The summed E-state index contributed by atoms with van der Waals surface area (Å²) < 4.78 is 0. The zero-order chi connectivity index (χ0) is 20.0. The van der Waals surface area contributed by atoms with Crippen molar-refractivity contribution in [3.8, 4) is 11.5 Å². The average Bonchev–Trinajstić information content (AvgIpc) is 3.57. The molecule has 3 rings (SSSR count). The molecule has 0 amide bonds. The minimum Gasteiger partial charge on any atom is -0.508 e. The van der Waals surface area contributed by atoms with Gasteiger partial charge < -0.3 is 10.2 Å². The van der Waals surface area contributed by atoms with E-state index in [-0.39, 0.29) is 0 Å². The molecular weight excluding hydrogens is 344 g/mol. The third-order valence-electron chi connectivity index (χ3n) is 7.41. The largest absolute Gasteiger partial charge is 0.508 e. The Hall–Kier alpha value is -1.18. The molecule has 0 aliphatic heterocycles. The first-order chi connectivity index (χ1) is 13.4. The Bertz CT molecular complexity index is 574. The first-order valence-electron chi connectivity index (χ1n) is 11.9. The van der Waals surface area contributed by atoms with Gasteiger partial charge in [-0.3, -0.25) is 0 Å². The van der Waals surface area contributed by atoms with Crippen LogP contribution in [0.5, 0.6) is 11.5 Å². The Morgan fingerprint density at radius 2 is 1.04 bits per heavy atom. The van der Waals surface area contributed by atoms with Crippen molar-refractivity contribution in [3.05, 3.63) is 23.3 Å². The van der Waals surface area contributed by atoms with E-state index in [1.165, 1.54) is 77.0 Å². The van der Waals surface area contributed by atoms with E-state index in [0.717, 1.165) is 36.8 Å².